The van der Waals surface area contributed by atoms with Crippen LogP contribution in [0.4, 0.5) is 10.3 Å². The molecule has 1 heterocycles. The van der Waals surface area contributed by atoms with E-state index in [2.05, 4.69) is 14.7 Å². The van der Waals surface area contributed by atoms with Crippen LogP contribution in [0, 0.1) is 5.82 Å². The van der Waals surface area contributed by atoms with Crippen LogP contribution in [-0.4, -0.2) is 32.5 Å². The molecule has 0 bridgehead atoms. The summed E-state index contributed by atoms with van der Waals surface area (Å²) >= 11 is 0. The summed E-state index contributed by atoms with van der Waals surface area (Å²) < 4.78 is 39.9. The molecule has 1 aromatic heterocycles. The molecule has 0 saturated carbocycles. The van der Waals surface area contributed by atoms with Gasteiger partial charge in [-0.1, -0.05) is 18.2 Å². The van der Waals surface area contributed by atoms with Crippen molar-refractivity contribution in [2.24, 2.45) is 0 Å². The van der Waals surface area contributed by atoms with Crippen LogP contribution in [-0.2, 0) is 22.3 Å². The third kappa shape index (κ3) is 4.47. The van der Waals surface area contributed by atoms with Crippen molar-refractivity contribution in [3.63, 3.8) is 0 Å². The molecular weight excluding hydrogens is 307 g/mol. The Morgan fingerprint density at radius 3 is 2.64 bits per heavy atom. The number of halogens is 1. The minimum atomic E-state index is -3.65. The molecule has 0 fully saturated rings. The molecule has 2 aromatic rings. The highest BCUT2D eigenvalue weighted by atomic mass is 32.2. The maximum atomic E-state index is 13.5. The van der Waals surface area contributed by atoms with Crippen molar-refractivity contribution in [3.8, 4) is 0 Å². The van der Waals surface area contributed by atoms with E-state index in [9.17, 15) is 12.8 Å². The quantitative estimate of drug-likeness (QED) is 0.867. The molecule has 22 heavy (non-hydrogen) atoms. The van der Waals surface area contributed by atoms with Crippen LogP contribution in [0.15, 0.2) is 36.5 Å². The lowest BCUT2D eigenvalue weighted by Gasteiger charge is -2.11. The normalized spacial score (nSPS) is 11.4. The van der Waals surface area contributed by atoms with E-state index in [0.717, 1.165) is 0 Å². The summed E-state index contributed by atoms with van der Waals surface area (Å²) in [6.07, 6.45) is 1.56. The van der Waals surface area contributed by atoms with Crippen LogP contribution in [0.3, 0.4) is 0 Å². The summed E-state index contributed by atoms with van der Waals surface area (Å²) in [6, 6.07) is 7.42. The molecule has 0 aliphatic carbocycles. The molecule has 2 rings (SSSR count). The third-order valence-corrected chi connectivity index (χ3v) is 4.15. The lowest BCUT2D eigenvalue weighted by Crippen LogP contribution is -2.26. The van der Waals surface area contributed by atoms with E-state index in [1.54, 1.807) is 37.3 Å². The molecule has 0 spiro atoms. The first-order valence-corrected chi connectivity index (χ1v) is 8.22. The molecule has 6 nitrogen and oxygen atoms in total. The summed E-state index contributed by atoms with van der Waals surface area (Å²) in [5.74, 6) is -0.457. The average molecular weight is 324 g/mol. The Bertz CT molecular complexity index is 750. The van der Waals surface area contributed by atoms with Crippen molar-refractivity contribution < 1.29 is 12.8 Å². The number of aromatic nitrogens is 2. The van der Waals surface area contributed by atoms with Gasteiger partial charge in [-0.3, -0.25) is 0 Å². The molecule has 0 aliphatic heterocycles. The molecule has 0 amide bonds. The van der Waals surface area contributed by atoms with Crippen molar-refractivity contribution in [1.82, 2.24) is 14.7 Å². The summed E-state index contributed by atoms with van der Waals surface area (Å²) in [7, 11) is -0.0662. The Morgan fingerprint density at radius 1 is 1.23 bits per heavy atom. The van der Waals surface area contributed by atoms with Gasteiger partial charge in [-0.15, -0.1) is 0 Å². The number of rotatable bonds is 6. The summed E-state index contributed by atoms with van der Waals surface area (Å²) in [6.45, 7) is 0.0279. The van der Waals surface area contributed by atoms with Gasteiger partial charge in [0.05, 0.1) is 18.0 Å². The second-order valence-corrected chi connectivity index (χ2v) is 6.72. The molecule has 118 valence electrons. The molecule has 0 atom stereocenters. The molecule has 8 heteroatoms. The van der Waals surface area contributed by atoms with Gasteiger partial charge in [-0.2, -0.15) is 0 Å². The van der Waals surface area contributed by atoms with Gasteiger partial charge in [0.15, 0.2) is 0 Å². The lowest BCUT2D eigenvalue weighted by molar-refractivity contribution is 0.573. The summed E-state index contributed by atoms with van der Waals surface area (Å²) in [4.78, 5) is 9.98. The fourth-order valence-electron chi connectivity index (χ4n) is 1.75. The molecule has 0 radical (unpaired) electrons. The predicted molar refractivity (Wildman–Crippen MR) is 82.2 cm³/mol. The number of hydrogen-bond acceptors (Lipinski definition) is 5. The van der Waals surface area contributed by atoms with Crippen molar-refractivity contribution in [2.75, 3.05) is 19.0 Å². The van der Waals surface area contributed by atoms with Gasteiger partial charge < -0.3 is 4.90 Å². The van der Waals surface area contributed by atoms with Crippen molar-refractivity contribution in [3.05, 3.63) is 53.6 Å². The van der Waals surface area contributed by atoms with E-state index in [4.69, 9.17) is 0 Å². The monoisotopic (exact) mass is 324 g/mol. The minimum absolute atomic E-state index is 0.0279. The highest BCUT2D eigenvalue weighted by Crippen LogP contribution is 2.10. The number of hydrogen-bond donors (Lipinski definition) is 1. The van der Waals surface area contributed by atoms with Gasteiger partial charge in [-0.25, -0.2) is 27.5 Å². The first kappa shape index (κ1) is 16.3. The second-order valence-electron chi connectivity index (χ2n) is 4.91. The maximum absolute atomic E-state index is 13.5. The number of nitrogens with zero attached hydrogens (tertiary/aromatic N) is 3. The van der Waals surface area contributed by atoms with Crippen LogP contribution in [0.1, 0.15) is 11.3 Å². The minimum Gasteiger partial charge on any atom is -0.347 e. The van der Waals surface area contributed by atoms with Crippen molar-refractivity contribution in [2.45, 2.75) is 12.3 Å². The molecule has 0 saturated heterocycles. The summed E-state index contributed by atoms with van der Waals surface area (Å²) in [5, 5.41) is 0. The molecule has 1 aromatic carbocycles. The van der Waals surface area contributed by atoms with E-state index in [1.807, 2.05) is 0 Å². The second kappa shape index (κ2) is 6.80. The predicted octanol–water partition coefficient (Wildman–Crippen LogP) is 1.30. The number of nitrogens with one attached hydrogen (secondary N) is 1. The van der Waals surface area contributed by atoms with Gasteiger partial charge in [0.25, 0.3) is 0 Å². The summed E-state index contributed by atoms with van der Waals surface area (Å²) in [5.41, 5.74) is 0.669. The first-order valence-electron chi connectivity index (χ1n) is 6.57. The van der Waals surface area contributed by atoms with E-state index >= 15 is 0 Å². The zero-order valence-corrected chi connectivity index (χ0v) is 13.1. The Kier molecular flexibility index (Phi) is 5.04. The third-order valence-electron chi connectivity index (χ3n) is 2.88. The SMILES string of the molecule is CN(C)c1nccc(CNS(=O)(=O)Cc2ccccc2F)n1. The van der Waals surface area contributed by atoms with Crippen LogP contribution in [0.5, 0.6) is 0 Å². The van der Waals surface area contributed by atoms with Crippen LogP contribution in [0.2, 0.25) is 0 Å². The van der Waals surface area contributed by atoms with Gasteiger partial charge in [0, 0.05) is 25.9 Å². The smallest absolute Gasteiger partial charge is 0.225 e. The van der Waals surface area contributed by atoms with Gasteiger partial charge in [0.2, 0.25) is 16.0 Å². The van der Waals surface area contributed by atoms with E-state index in [-0.39, 0.29) is 12.1 Å². The van der Waals surface area contributed by atoms with Gasteiger partial charge >= 0.3 is 0 Å². The highest BCUT2D eigenvalue weighted by Gasteiger charge is 2.14. The Morgan fingerprint density at radius 2 is 1.95 bits per heavy atom. The van der Waals surface area contributed by atoms with Gasteiger partial charge in [0.1, 0.15) is 5.82 Å². The highest BCUT2D eigenvalue weighted by molar-refractivity contribution is 7.88. The molecule has 1 N–H and O–H groups in total. The Hall–Kier alpha value is -2.06. The van der Waals surface area contributed by atoms with E-state index in [1.165, 1.54) is 18.2 Å². The molecule has 0 unspecified atom stereocenters. The lowest BCUT2D eigenvalue weighted by atomic mass is 10.2. The van der Waals surface area contributed by atoms with E-state index in [0.29, 0.717) is 11.6 Å². The van der Waals surface area contributed by atoms with Gasteiger partial charge in [-0.05, 0) is 12.1 Å². The Balaban J connectivity index is 2.04. The number of anilines is 1. The fraction of sp³-hybridized carbons (Fsp3) is 0.286. The van der Waals surface area contributed by atoms with Crippen molar-refractivity contribution in [1.29, 1.82) is 0 Å². The van der Waals surface area contributed by atoms with Crippen molar-refractivity contribution >= 4 is 16.0 Å². The number of sulfonamides is 1. The standard InChI is InChI=1S/C14H17FN4O2S/c1-19(2)14-16-8-7-12(18-14)9-17-22(20,21)10-11-5-3-4-6-13(11)15/h3-8,17H,9-10H2,1-2H3. The van der Waals surface area contributed by atoms with Crippen LogP contribution in [0.25, 0.3) is 0 Å². The largest absolute Gasteiger partial charge is 0.347 e. The topological polar surface area (TPSA) is 75.2 Å². The fourth-order valence-corrected chi connectivity index (χ4v) is 2.87. The van der Waals surface area contributed by atoms with Crippen LogP contribution < -0.4 is 9.62 Å². The van der Waals surface area contributed by atoms with E-state index < -0.39 is 21.6 Å². The first-order chi connectivity index (χ1) is 10.4. The molecular formula is C14H17FN4O2S. The number of benzene rings is 1. The zero-order chi connectivity index (χ0) is 16.2. The average Bonchev–Trinajstić information content (AvgIpc) is 2.48. The molecule has 0 aliphatic rings. The van der Waals surface area contributed by atoms with Crippen LogP contribution >= 0.6 is 0 Å². The maximum Gasteiger partial charge on any atom is 0.225 e. The Labute approximate surface area is 129 Å². The zero-order valence-electron chi connectivity index (χ0n) is 12.3.